The fraction of sp³-hybridized carbons (Fsp3) is 0.333. The molecular formula is C21H24Cl2N2O. The normalized spacial score (nSPS) is 15.0. The van der Waals surface area contributed by atoms with Crippen LogP contribution in [0.25, 0.3) is 22.0 Å². The van der Waals surface area contributed by atoms with Gasteiger partial charge in [0.25, 0.3) is 0 Å². The molecule has 1 saturated heterocycles. The lowest BCUT2D eigenvalue weighted by molar-refractivity contribution is 0.219. The van der Waals surface area contributed by atoms with Crippen LogP contribution in [0.15, 0.2) is 42.5 Å². The van der Waals surface area contributed by atoms with Gasteiger partial charge in [-0.05, 0) is 44.1 Å². The predicted octanol–water partition coefficient (Wildman–Crippen LogP) is 5.90. The van der Waals surface area contributed by atoms with Gasteiger partial charge in [-0.3, -0.25) is 4.90 Å². The molecule has 0 unspecified atom stereocenters. The van der Waals surface area contributed by atoms with Crippen LogP contribution in [-0.2, 0) is 6.54 Å². The molecule has 138 valence electrons. The quantitative estimate of drug-likeness (QED) is 0.599. The van der Waals surface area contributed by atoms with E-state index in [2.05, 4.69) is 28.1 Å². The van der Waals surface area contributed by atoms with Gasteiger partial charge < -0.3 is 9.72 Å². The number of benzene rings is 2. The predicted molar refractivity (Wildman–Crippen MR) is 112 cm³/mol. The number of fused-ring (bicyclic) bond motifs is 1. The van der Waals surface area contributed by atoms with Crippen LogP contribution in [0, 0.1) is 0 Å². The van der Waals surface area contributed by atoms with Crippen molar-refractivity contribution >= 4 is 34.8 Å². The lowest BCUT2D eigenvalue weighted by atomic mass is 10.0. The van der Waals surface area contributed by atoms with Crippen molar-refractivity contribution in [2.45, 2.75) is 25.8 Å². The second kappa shape index (κ2) is 8.34. The SMILES string of the molecule is COc1c(-c2ccc(CN3CCCCC3)[nH]2)cc(Cl)c2ccccc12.Cl. The topological polar surface area (TPSA) is 28.3 Å². The van der Waals surface area contributed by atoms with Gasteiger partial charge in [0, 0.05) is 39.3 Å². The van der Waals surface area contributed by atoms with Crippen LogP contribution >= 0.6 is 24.0 Å². The van der Waals surface area contributed by atoms with Crippen molar-refractivity contribution in [3.63, 3.8) is 0 Å². The molecule has 1 N–H and O–H groups in total. The fourth-order valence-electron chi connectivity index (χ4n) is 3.77. The maximum absolute atomic E-state index is 6.53. The highest BCUT2D eigenvalue weighted by atomic mass is 35.5. The lowest BCUT2D eigenvalue weighted by Crippen LogP contribution is -2.29. The Morgan fingerprint density at radius 1 is 1.04 bits per heavy atom. The highest BCUT2D eigenvalue weighted by molar-refractivity contribution is 6.36. The number of aromatic amines is 1. The second-order valence-corrected chi connectivity index (χ2v) is 7.13. The number of nitrogens with zero attached hydrogens (tertiary/aromatic N) is 1. The van der Waals surface area contributed by atoms with Gasteiger partial charge in [0.05, 0.1) is 7.11 Å². The summed E-state index contributed by atoms with van der Waals surface area (Å²) in [7, 11) is 1.72. The number of H-pyrrole nitrogens is 1. The largest absolute Gasteiger partial charge is 0.495 e. The second-order valence-electron chi connectivity index (χ2n) is 6.72. The third-order valence-corrected chi connectivity index (χ3v) is 5.34. The van der Waals surface area contributed by atoms with Crippen LogP contribution < -0.4 is 4.74 Å². The summed E-state index contributed by atoms with van der Waals surface area (Å²) in [5.41, 5.74) is 3.30. The molecule has 26 heavy (non-hydrogen) atoms. The summed E-state index contributed by atoms with van der Waals surface area (Å²) in [6.45, 7) is 3.36. The molecule has 0 radical (unpaired) electrons. The van der Waals surface area contributed by atoms with Crippen molar-refractivity contribution in [2.24, 2.45) is 0 Å². The van der Waals surface area contributed by atoms with E-state index in [0.717, 1.165) is 39.3 Å². The van der Waals surface area contributed by atoms with Gasteiger partial charge >= 0.3 is 0 Å². The zero-order valence-corrected chi connectivity index (χ0v) is 16.5. The molecule has 3 nitrogen and oxygen atoms in total. The molecule has 0 saturated carbocycles. The van der Waals surface area contributed by atoms with E-state index in [9.17, 15) is 0 Å². The van der Waals surface area contributed by atoms with Crippen LogP contribution in [0.3, 0.4) is 0 Å². The molecule has 1 fully saturated rings. The Bertz CT molecular complexity index is 885. The molecule has 2 heterocycles. The number of hydrogen-bond acceptors (Lipinski definition) is 2. The Labute approximate surface area is 165 Å². The van der Waals surface area contributed by atoms with Crippen LogP contribution in [0.4, 0.5) is 0 Å². The minimum absolute atomic E-state index is 0. The molecule has 1 aromatic heterocycles. The molecule has 1 aliphatic heterocycles. The monoisotopic (exact) mass is 390 g/mol. The zero-order chi connectivity index (χ0) is 17.2. The third kappa shape index (κ3) is 3.71. The summed E-state index contributed by atoms with van der Waals surface area (Å²) in [6.07, 6.45) is 3.97. The summed E-state index contributed by atoms with van der Waals surface area (Å²) in [5.74, 6) is 0.867. The van der Waals surface area contributed by atoms with E-state index in [0.29, 0.717) is 0 Å². The molecule has 0 spiro atoms. The Balaban J connectivity index is 0.00000196. The van der Waals surface area contributed by atoms with Crippen molar-refractivity contribution in [2.75, 3.05) is 20.2 Å². The highest BCUT2D eigenvalue weighted by Gasteiger charge is 2.16. The Hall–Kier alpha value is -1.68. The Morgan fingerprint density at radius 2 is 1.77 bits per heavy atom. The smallest absolute Gasteiger partial charge is 0.136 e. The maximum atomic E-state index is 6.53. The van der Waals surface area contributed by atoms with Crippen molar-refractivity contribution in [3.8, 4) is 17.0 Å². The summed E-state index contributed by atoms with van der Waals surface area (Å²) in [4.78, 5) is 6.08. The first-order valence-electron chi connectivity index (χ1n) is 8.92. The number of ether oxygens (including phenoxy) is 1. The van der Waals surface area contributed by atoms with Gasteiger partial charge in [-0.1, -0.05) is 42.3 Å². The first-order valence-corrected chi connectivity index (χ1v) is 9.30. The van der Waals surface area contributed by atoms with Gasteiger partial charge in [0.15, 0.2) is 0 Å². The third-order valence-electron chi connectivity index (χ3n) is 5.03. The van der Waals surface area contributed by atoms with Gasteiger partial charge in [0.2, 0.25) is 0 Å². The van der Waals surface area contributed by atoms with E-state index < -0.39 is 0 Å². The number of aromatic nitrogens is 1. The van der Waals surface area contributed by atoms with Gasteiger partial charge in [-0.15, -0.1) is 12.4 Å². The number of nitrogens with one attached hydrogen (secondary N) is 1. The molecule has 0 atom stereocenters. The average Bonchev–Trinajstić information content (AvgIpc) is 3.11. The van der Waals surface area contributed by atoms with Crippen LogP contribution in [-0.4, -0.2) is 30.1 Å². The van der Waals surface area contributed by atoms with Crippen LogP contribution in [0.5, 0.6) is 5.75 Å². The van der Waals surface area contributed by atoms with Crippen molar-refractivity contribution < 1.29 is 4.74 Å². The number of halogens is 2. The maximum Gasteiger partial charge on any atom is 0.136 e. The summed E-state index contributed by atoms with van der Waals surface area (Å²) < 4.78 is 5.74. The zero-order valence-electron chi connectivity index (χ0n) is 14.9. The number of likely N-dealkylation sites (tertiary alicyclic amines) is 1. The summed E-state index contributed by atoms with van der Waals surface area (Å²) in [5, 5.41) is 2.81. The van der Waals surface area contributed by atoms with Crippen molar-refractivity contribution in [3.05, 3.63) is 53.2 Å². The van der Waals surface area contributed by atoms with E-state index in [4.69, 9.17) is 16.3 Å². The first-order chi connectivity index (χ1) is 12.3. The van der Waals surface area contributed by atoms with Gasteiger partial charge in [0.1, 0.15) is 5.75 Å². The molecular weight excluding hydrogens is 367 g/mol. The van der Waals surface area contributed by atoms with E-state index in [1.807, 2.05) is 24.3 Å². The molecule has 0 bridgehead atoms. The summed E-state index contributed by atoms with van der Waals surface area (Å²) >= 11 is 6.53. The fourth-order valence-corrected chi connectivity index (χ4v) is 4.05. The Kier molecular flexibility index (Phi) is 6.13. The Morgan fingerprint density at radius 3 is 2.50 bits per heavy atom. The minimum atomic E-state index is 0. The summed E-state index contributed by atoms with van der Waals surface area (Å²) in [6, 6.07) is 14.4. The highest BCUT2D eigenvalue weighted by Crippen LogP contribution is 2.40. The first kappa shape index (κ1) is 19.1. The van der Waals surface area contributed by atoms with E-state index in [-0.39, 0.29) is 12.4 Å². The number of methoxy groups -OCH3 is 1. The van der Waals surface area contributed by atoms with Crippen molar-refractivity contribution in [1.82, 2.24) is 9.88 Å². The lowest BCUT2D eigenvalue weighted by Gasteiger charge is -2.25. The molecule has 5 heteroatoms. The van der Waals surface area contributed by atoms with Gasteiger partial charge in [-0.2, -0.15) is 0 Å². The van der Waals surface area contributed by atoms with E-state index >= 15 is 0 Å². The standard InChI is InChI=1S/C21H23ClN2O.ClH/c1-25-21-17-8-4-3-7-16(17)19(22)13-18(21)20-10-9-15(23-20)14-24-11-5-2-6-12-24;/h3-4,7-10,13,23H,2,5-6,11-12,14H2,1H3;1H. The van der Waals surface area contributed by atoms with E-state index in [1.54, 1.807) is 7.11 Å². The average molecular weight is 391 g/mol. The molecule has 0 aliphatic carbocycles. The number of rotatable bonds is 4. The van der Waals surface area contributed by atoms with Crippen LogP contribution in [0.1, 0.15) is 25.0 Å². The molecule has 0 amide bonds. The molecule has 4 rings (SSSR count). The van der Waals surface area contributed by atoms with Gasteiger partial charge in [-0.25, -0.2) is 0 Å². The molecule has 2 aromatic carbocycles. The molecule has 1 aliphatic rings. The number of piperidine rings is 1. The van der Waals surface area contributed by atoms with Crippen LogP contribution in [0.2, 0.25) is 5.02 Å². The molecule has 3 aromatic rings. The van der Waals surface area contributed by atoms with E-state index in [1.165, 1.54) is 38.0 Å². The van der Waals surface area contributed by atoms with Crippen molar-refractivity contribution in [1.29, 1.82) is 0 Å². The minimum Gasteiger partial charge on any atom is -0.495 e. The number of hydrogen-bond donors (Lipinski definition) is 1.